The fourth-order valence-electron chi connectivity index (χ4n) is 2.26. The standard InChI is InChI=1S/C13H23N3O3S/c1-3-10(12(14)20)13(18)16-8-6-15(7-9-16)5-4-11(17)19-2/h10H,3-9H2,1-2H3,(H2,14,20). The molecule has 1 unspecified atom stereocenters. The highest BCUT2D eigenvalue weighted by Crippen LogP contribution is 2.11. The van der Waals surface area contributed by atoms with Gasteiger partial charge < -0.3 is 15.4 Å². The van der Waals surface area contributed by atoms with Crippen LogP contribution in [0.2, 0.25) is 0 Å². The van der Waals surface area contributed by atoms with Crippen LogP contribution in [0.4, 0.5) is 0 Å². The molecule has 1 atom stereocenters. The molecule has 0 aromatic rings. The van der Waals surface area contributed by atoms with Gasteiger partial charge in [0.15, 0.2) is 0 Å². The molecular formula is C13H23N3O3S. The summed E-state index contributed by atoms with van der Waals surface area (Å²) >= 11 is 4.94. The fraction of sp³-hybridized carbons (Fsp3) is 0.769. The quantitative estimate of drug-likeness (QED) is 0.550. The van der Waals surface area contributed by atoms with Gasteiger partial charge in [0.1, 0.15) is 0 Å². The molecule has 6 nitrogen and oxygen atoms in total. The molecule has 0 radical (unpaired) electrons. The summed E-state index contributed by atoms with van der Waals surface area (Å²) in [6.45, 7) is 5.40. The predicted molar refractivity (Wildman–Crippen MR) is 80.2 cm³/mol. The highest BCUT2D eigenvalue weighted by atomic mass is 32.1. The van der Waals surface area contributed by atoms with Crippen LogP contribution in [0.15, 0.2) is 0 Å². The number of methoxy groups -OCH3 is 1. The molecule has 0 bridgehead atoms. The number of thiocarbonyl (C=S) groups is 1. The molecule has 2 N–H and O–H groups in total. The van der Waals surface area contributed by atoms with Crippen molar-refractivity contribution in [2.45, 2.75) is 19.8 Å². The van der Waals surface area contributed by atoms with Crippen molar-refractivity contribution in [3.05, 3.63) is 0 Å². The average molecular weight is 301 g/mol. The van der Waals surface area contributed by atoms with E-state index in [1.807, 2.05) is 11.8 Å². The van der Waals surface area contributed by atoms with E-state index in [4.69, 9.17) is 18.0 Å². The lowest BCUT2D eigenvalue weighted by Crippen LogP contribution is -2.51. The third kappa shape index (κ3) is 4.72. The summed E-state index contributed by atoms with van der Waals surface area (Å²) in [7, 11) is 1.39. The normalized spacial score (nSPS) is 17.6. The van der Waals surface area contributed by atoms with Crippen LogP contribution in [-0.2, 0) is 14.3 Å². The van der Waals surface area contributed by atoms with Gasteiger partial charge in [-0.05, 0) is 6.42 Å². The van der Waals surface area contributed by atoms with Gasteiger partial charge in [0, 0.05) is 32.7 Å². The van der Waals surface area contributed by atoms with Gasteiger partial charge >= 0.3 is 5.97 Å². The van der Waals surface area contributed by atoms with Crippen molar-refractivity contribution in [2.24, 2.45) is 11.7 Å². The first-order chi connectivity index (χ1) is 9.49. The lowest BCUT2D eigenvalue weighted by atomic mass is 10.0. The van der Waals surface area contributed by atoms with E-state index >= 15 is 0 Å². The Kier molecular flexibility index (Phi) is 6.87. The van der Waals surface area contributed by atoms with Crippen molar-refractivity contribution >= 4 is 29.1 Å². The average Bonchev–Trinajstić information content (AvgIpc) is 2.45. The number of piperazine rings is 1. The van der Waals surface area contributed by atoms with Gasteiger partial charge in [-0.15, -0.1) is 0 Å². The summed E-state index contributed by atoms with van der Waals surface area (Å²) in [6.07, 6.45) is 1.02. The monoisotopic (exact) mass is 301 g/mol. The maximum atomic E-state index is 12.3. The van der Waals surface area contributed by atoms with Crippen molar-refractivity contribution in [3.8, 4) is 0 Å². The first-order valence-corrected chi connectivity index (χ1v) is 7.27. The summed E-state index contributed by atoms with van der Waals surface area (Å²) in [5.74, 6) is -0.540. The van der Waals surface area contributed by atoms with Crippen molar-refractivity contribution < 1.29 is 14.3 Å². The Labute approximate surface area is 125 Å². The number of ether oxygens (including phenoxy) is 1. The number of hydrogen-bond donors (Lipinski definition) is 1. The van der Waals surface area contributed by atoms with Crippen LogP contribution >= 0.6 is 12.2 Å². The van der Waals surface area contributed by atoms with Crippen LogP contribution in [0.25, 0.3) is 0 Å². The Morgan fingerprint density at radius 1 is 1.30 bits per heavy atom. The summed E-state index contributed by atoms with van der Waals surface area (Å²) in [6, 6.07) is 0. The number of hydrogen-bond acceptors (Lipinski definition) is 5. The minimum absolute atomic E-state index is 0.0209. The molecule has 0 aromatic heterocycles. The molecule has 1 rings (SSSR count). The van der Waals surface area contributed by atoms with E-state index in [2.05, 4.69) is 9.64 Å². The van der Waals surface area contributed by atoms with Crippen molar-refractivity contribution in [1.82, 2.24) is 9.80 Å². The van der Waals surface area contributed by atoms with Gasteiger partial charge in [-0.3, -0.25) is 14.5 Å². The summed E-state index contributed by atoms with van der Waals surface area (Å²) in [5.41, 5.74) is 5.60. The van der Waals surface area contributed by atoms with Gasteiger partial charge in [-0.1, -0.05) is 19.1 Å². The first kappa shape index (κ1) is 16.8. The van der Waals surface area contributed by atoms with Gasteiger partial charge in [-0.2, -0.15) is 0 Å². The number of esters is 1. The minimum atomic E-state index is -0.355. The maximum absolute atomic E-state index is 12.3. The van der Waals surface area contributed by atoms with E-state index in [1.165, 1.54) is 7.11 Å². The number of amides is 1. The lowest BCUT2D eigenvalue weighted by molar-refractivity contribution is -0.141. The van der Waals surface area contributed by atoms with Crippen molar-refractivity contribution in [2.75, 3.05) is 39.8 Å². The number of carbonyl (C=O) groups is 2. The highest BCUT2D eigenvalue weighted by Gasteiger charge is 2.27. The Balaban J connectivity index is 2.40. The molecule has 1 aliphatic heterocycles. The van der Waals surface area contributed by atoms with Gasteiger partial charge in [0.25, 0.3) is 0 Å². The zero-order valence-electron chi connectivity index (χ0n) is 12.1. The first-order valence-electron chi connectivity index (χ1n) is 6.86. The third-order valence-corrected chi connectivity index (χ3v) is 3.88. The van der Waals surface area contributed by atoms with E-state index in [0.717, 1.165) is 13.1 Å². The number of carbonyl (C=O) groups excluding carboxylic acids is 2. The molecule has 114 valence electrons. The second-order valence-corrected chi connectivity index (χ2v) is 5.33. The zero-order chi connectivity index (χ0) is 15.1. The van der Waals surface area contributed by atoms with Crippen LogP contribution in [0.3, 0.4) is 0 Å². The molecule has 20 heavy (non-hydrogen) atoms. The zero-order valence-corrected chi connectivity index (χ0v) is 12.9. The maximum Gasteiger partial charge on any atom is 0.306 e. The summed E-state index contributed by atoms with van der Waals surface area (Å²) < 4.78 is 4.61. The predicted octanol–water partition coefficient (Wildman–Crippen LogP) is 0.00600. The molecule has 1 heterocycles. The largest absolute Gasteiger partial charge is 0.469 e. The van der Waals surface area contributed by atoms with E-state index in [1.54, 1.807) is 0 Å². The van der Waals surface area contributed by atoms with E-state index in [0.29, 0.717) is 32.5 Å². The Morgan fingerprint density at radius 2 is 1.90 bits per heavy atom. The molecule has 0 spiro atoms. The SMILES string of the molecule is CCC(C(=O)N1CCN(CCC(=O)OC)CC1)C(N)=S. The highest BCUT2D eigenvalue weighted by molar-refractivity contribution is 7.80. The minimum Gasteiger partial charge on any atom is -0.469 e. The molecule has 1 amide bonds. The molecule has 1 aliphatic rings. The fourth-order valence-corrected chi connectivity index (χ4v) is 2.53. The van der Waals surface area contributed by atoms with Gasteiger partial charge in [-0.25, -0.2) is 0 Å². The van der Waals surface area contributed by atoms with Crippen LogP contribution in [0.1, 0.15) is 19.8 Å². The smallest absolute Gasteiger partial charge is 0.306 e. The number of rotatable bonds is 6. The molecular weight excluding hydrogens is 278 g/mol. The Hall–Kier alpha value is -1.21. The van der Waals surface area contributed by atoms with Crippen LogP contribution < -0.4 is 5.73 Å². The second-order valence-electron chi connectivity index (χ2n) is 4.86. The topological polar surface area (TPSA) is 75.9 Å². The van der Waals surface area contributed by atoms with E-state index < -0.39 is 0 Å². The van der Waals surface area contributed by atoms with Crippen LogP contribution in [0.5, 0.6) is 0 Å². The van der Waals surface area contributed by atoms with Crippen molar-refractivity contribution in [3.63, 3.8) is 0 Å². The molecule has 7 heteroatoms. The number of nitrogens with zero attached hydrogens (tertiary/aromatic N) is 2. The summed E-state index contributed by atoms with van der Waals surface area (Å²) in [4.78, 5) is 27.6. The molecule has 1 saturated heterocycles. The van der Waals surface area contributed by atoms with E-state index in [9.17, 15) is 9.59 Å². The van der Waals surface area contributed by atoms with Crippen LogP contribution in [-0.4, -0.2) is 66.5 Å². The molecule has 0 aromatic carbocycles. The number of nitrogens with two attached hydrogens (primary N) is 1. The Morgan fingerprint density at radius 3 is 2.35 bits per heavy atom. The Bertz CT molecular complexity index is 368. The van der Waals surface area contributed by atoms with Gasteiger partial charge in [0.05, 0.1) is 24.4 Å². The molecule has 0 aliphatic carbocycles. The molecule has 1 fully saturated rings. The third-order valence-electron chi connectivity index (χ3n) is 3.59. The second kappa shape index (κ2) is 8.16. The van der Waals surface area contributed by atoms with Crippen LogP contribution in [0, 0.1) is 5.92 Å². The van der Waals surface area contributed by atoms with E-state index in [-0.39, 0.29) is 22.8 Å². The summed E-state index contributed by atoms with van der Waals surface area (Å²) in [5, 5.41) is 0. The van der Waals surface area contributed by atoms with Crippen molar-refractivity contribution in [1.29, 1.82) is 0 Å². The lowest BCUT2D eigenvalue weighted by Gasteiger charge is -2.36. The van der Waals surface area contributed by atoms with Gasteiger partial charge in [0.2, 0.25) is 5.91 Å². The molecule has 0 saturated carbocycles.